The topological polar surface area (TPSA) is 97.3 Å². The fourth-order valence-electron chi connectivity index (χ4n) is 2.84. The Bertz CT molecular complexity index is 432. The SMILES string of the molecule is Nc1nonc1C(=O)NC1CCN2CCCC12. The van der Waals surface area contributed by atoms with Crippen molar-refractivity contribution in [1.29, 1.82) is 0 Å². The van der Waals surface area contributed by atoms with Gasteiger partial charge in [-0.3, -0.25) is 9.69 Å². The van der Waals surface area contributed by atoms with Crippen LogP contribution in [0.2, 0.25) is 0 Å². The second kappa shape index (κ2) is 3.99. The molecule has 2 unspecified atom stereocenters. The van der Waals surface area contributed by atoms with Crippen molar-refractivity contribution in [2.45, 2.75) is 31.3 Å². The number of nitrogens with zero attached hydrogens (tertiary/aromatic N) is 3. The smallest absolute Gasteiger partial charge is 0.277 e. The minimum atomic E-state index is -0.289. The zero-order chi connectivity index (χ0) is 11.8. The molecule has 0 spiro atoms. The summed E-state index contributed by atoms with van der Waals surface area (Å²) in [7, 11) is 0. The van der Waals surface area contributed by atoms with Gasteiger partial charge in [-0.1, -0.05) is 0 Å². The van der Waals surface area contributed by atoms with Crippen LogP contribution in [0.4, 0.5) is 5.82 Å². The molecule has 1 aromatic heterocycles. The van der Waals surface area contributed by atoms with E-state index in [-0.39, 0.29) is 23.5 Å². The van der Waals surface area contributed by atoms with E-state index >= 15 is 0 Å². The molecular formula is C10H15N5O2. The number of amides is 1. The van der Waals surface area contributed by atoms with Crippen molar-refractivity contribution in [3.05, 3.63) is 5.69 Å². The average molecular weight is 237 g/mol. The van der Waals surface area contributed by atoms with Gasteiger partial charge in [0.15, 0.2) is 0 Å². The second-order valence-electron chi connectivity index (χ2n) is 4.61. The fourth-order valence-corrected chi connectivity index (χ4v) is 2.84. The molecule has 7 heteroatoms. The Morgan fingerprint density at radius 2 is 2.29 bits per heavy atom. The molecule has 2 atom stereocenters. The van der Waals surface area contributed by atoms with Crippen LogP contribution in [-0.2, 0) is 0 Å². The number of hydrogen-bond donors (Lipinski definition) is 2. The molecule has 1 amide bonds. The molecule has 1 aromatic rings. The highest BCUT2D eigenvalue weighted by Gasteiger charge is 2.38. The van der Waals surface area contributed by atoms with Gasteiger partial charge in [-0.15, -0.1) is 0 Å². The van der Waals surface area contributed by atoms with Gasteiger partial charge in [-0.25, -0.2) is 4.63 Å². The number of nitrogen functional groups attached to an aromatic ring is 1. The molecule has 0 bridgehead atoms. The molecule has 3 N–H and O–H groups in total. The third-order valence-electron chi connectivity index (χ3n) is 3.65. The summed E-state index contributed by atoms with van der Waals surface area (Å²) in [5, 5.41) is 9.88. The standard InChI is InChI=1S/C10H15N5O2/c11-9-8(13-17-14-9)10(16)12-6-3-5-15-4-1-2-7(6)15/h6-7H,1-5H2,(H2,11,14)(H,12,16). The maximum Gasteiger partial charge on any atom is 0.277 e. The largest absolute Gasteiger partial charge is 0.379 e. The predicted molar refractivity (Wildman–Crippen MR) is 59.2 cm³/mol. The number of nitrogens with one attached hydrogen (secondary N) is 1. The highest BCUT2D eigenvalue weighted by atomic mass is 16.6. The van der Waals surface area contributed by atoms with E-state index in [2.05, 4.69) is 25.2 Å². The van der Waals surface area contributed by atoms with Gasteiger partial charge < -0.3 is 11.1 Å². The highest BCUT2D eigenvalue weighted by molar-refractivity contribution is 5.96. The summed E-state index contributed by atoms with van der Waals surface area (Å²) < 4.78 is 4.42. The quantitative estimate of drug-likeness (QED) is 0.727. The van der Waals surface area contributed by atoms with Crippen molar-refractivity contribution in [1.82, 2.24) is 20.5 Å². The van der Waals surface area contributed by atoms with E-state index in [1.807, 2.05) is 0 Å². The lowest BCUT2D eigenvalue weighted by atomic mass is 10.1. The molecule has 0 radical (unpaired) electrons. The van der Waals surface area contributed by atoms with Crippen LogP contribution in [0.25, 0.3) is 0 Å². The van der Waals surface area contributed by atoms with Crippen LogP contribution in [0, 0.1) is 0 Å². The summed E-state index contributed by atoms with van der Waals surface area (Å²) in [4.78, 5) is 14.3. The third-order valence-corrected chi connectivity index (χ3v) is 3.65. The molecule has 2 aliphatic heterocycles. The molecule has 17 heavy (non-hydrogen) atoms. The van der Waals surface area contributed by atoms with Gasteiger partial charge in [0.2, 0.25) is 11.5 Å². The van der Waals surface area contributed by atoms with Crippen LogP contribution in [0.3, 0.4) is 0 Å². The lowest BCUT2D eigenvalue weighted by Gasteiger charge is -2.20. The summed E-state index contributed by atoms with van der Waals surface area (Å²) in [6, 6.07) is 0.668. The van der Waals surface area contributed by atoms with Crippen LogP contribution in [0.15, 0.2) is 4.63 Å². The maximum atomic E-state index is 11.9. The minimum absolute atomic E-state index is 0.0452. The zero-order valence-corrected chi connectivity index (χ0v) is 9.43. The van der Waals surface area contributed by atoms with Crippen molar-refractivity contribution in [3.63, 3.8) is 0 Å². The monoisotopic (exact) mass is 237 g/mol. The van der Waals surface area contributed by atoms with Gasteiger partial charge in [0, 0.05) is 18.6 Å². The van der Waals surface area contributed by atoms with Crippen LogP contribution < -0.4 is 11.1 Å². The first-order valence-corrected chi connectivity index (χ1v) is 5.88. The Morgan fingerprint density at radius 3 is 3.06 bits per heavy atom. The first-order valence-electron chi connectivity index (χ1n) is 5.88. The van der Waals surface area contributed by atoms with Crippen LogP contribution in [0.5, 0.6) is 0 Å². The van der Waals surface area contributed by atoms with Gasteiger partial charge in [0.25, 0.3) is 5.91 Å². The van der Waals surface area contributed by atoms with E-state index in [4.69, 9.17) is 5.73 Å². The van der Waals surface area contributed by atoms with Gasteiger partial charge >= 0.3 is 0 Å². The molecule has 7 nitrogen and oxygen atoms in total. The summed E-state index contributed by atoms with van der Waals surface area (Å²) >= 11 is 0. The van der Waals surface area contributed by atoms with E-state index in [9.17, 15) is 4.79 Å². The van der Waals surface area contributed by atoms with Crippen molar-refractivity contribution < 1.29 is 9.42 Å². The van der Waals surface area contributed by atoms with Crippen molar-refractivity contribution in [3.8, 4) is 0 Å². The molecule has 0 aromatic carbocycles. The summed E-state index contributed by atoms with van der Waals surface area (Å²) in [6.07, 6.45) is 3.35. The second-order valence-corrected chi connectivity index (χ2v) is 4.61. The Labute approximate surface area is 98.3 Å². The number of nitrogens with two attached hydrogens (primary N) is 1. The van der Waals surface area contributed by atoms with Crippen LogP contribution in [-0.4, -0.2) is 46.3 Å². The van der Waals surface area contributed by atoms with E-state index in [1.54, 1.807) is 0 Å². The lowest BCUT2D eigenvalue weighted by Crippen LogP contribution is -2.42. The number of hydrogen-bond acceptors (Lipinski definition) is 6. The van der Waals surface area contributed by atoms with Gasteiger partial charge in [0.05, 0.1) is 0 Å². The number of carbonyl (C=O) groups is 1. The van der Waals surface area contributed by atoms with Crippen LogP contribution >= 0.6 is 0 Å². The molecule has 3 rings (SSSR count). The van der Waals surface area contributed by atoms with Crippen molar-refractivity contribution in [2.75, 3.05) is 18.8 Å². The number of anilines is 1. The van der Waals surface area contributed by atoms with Gasteiger partial charge in [-0.05, 0) is 36.1 Å². The first kappa shape index (κ1) is 10.5. The molecule has 92 valence electrons. The molecule has 2 saturated heterocycles. The van der Waals surface area contributed by atoms with E-state index in [0.29, 0.717) is 6.04 Å². The first-order chi connectivity index (χ1) is 8.25. The minimum Gasteiger partial charge on any atom is -0.379 e. The molecule has 2 fully saturated rings. The molecule has 0 saturated carbocycles. The third kappa shape index (κ3) is 1.76. The molecule has 0 aliphatic carbocycles. The van der Waals surface area contributed by atoms with Crippen LogP contribution in [0.1, 0.15) is 29.8 Å². The number of carbonyl (C=O) groups excluding carboxylic acids is 1. The van der Waals surface area contributed by atoms with Crippen molar-refractivity contribution >= 4 is 11.7 Å². The number of rotatable bonds is 2. The Morgan fingerprint density at radius 1 is 1.41 bits per heavy atom. The van der Waals surface area contributed by atoms with Gasteiger partial charge in [0.1, 0.15) is 0 Å². The molecular weight excluding hydrogens is 222 g/mol. The number of fused-ring (bicyclic) bond motifs is 1. The predicted octanol–water partition coefficient (Wildman–Crippen LogP) is -0.382. The Kier molecular flexibility index (Phi) is 2.47. The van der Waals surface area contributed by atoms with Gasteiger partial charge in [-0.2, -0.15) is 0 Å². The Balaban J connectivity index is 1.68. The maximum absolute atomic E-state index is 11.9. The fraction of sp³-hybridized carbons (Fsp3) is 0.700. The highest BCUT2D eigenvalue weighted by Crippen LogP contribution is 2.28. The van der Waals surface area contributed by atoms with E-state index < -0.39 is 0 Å². The normalized spacial score (nSPS) is 28.2. The summed E-state index contributed by atoms with van der Waals surface area (Å²) in [6.45, 7) is 2.20. The zero-order valence-electron chi connectivity index (χ0n) is 9.43. The molecule has 3 heterocycles. The number of aromatic nitrogens is 2. The average Bonchev–Trinajstić information content (AvgIpc) is 2.96. The lowest BCUT2D eigenvalue weighted by molar-refractivity contribution is 0.0920. The molecule has 2 aliphatic rings. The summed E-state index contributed by atoms with van der Waals surface area (Å²) in [5.74, 6) is -0.244. The summed E-state index contributed by atoms with van der Waals surface area (Å²) in [5.41, 5.74) is 5.57. The van der Waals surface area contributed by atoms with E-state index in [0.717, 1.165) is 25.9 Å². The van der Waals surface area contributed by atoms with Crippen molar-refractivity contribution in [2.24, 2.45) is 0 Å². The van der Waals surface area contributed by atoms with E-state index in [1.165, 1.54) is 6.42 Å². The Hall–Kier alpha value is -1.63.